The van der Waals surface area contributed by atoms with Crippen molar-refractivity contribution in [1.29, 1.82) is 0 Å². The monoisotopic (exact) mass is 1330 g/mol. The number of unbranched alkanes of at least 4 members (excludes halogenated alkanes) is 61. The number of carbonyl (C=O) groups excluding carboxylic acids is 3. The number of rotatable bonds is 80. The van der Waals surface area contributed by atoms with Crippen LogP contribution in [-0.2, 0) is 33.3 Å². The minimum Gasteiger partial charge on any atom is -0.545 e. The normalized spacial score (nSPS) is 12.6. The summed E-state index contributed by atoms with van der Waals surface area (Å²) in [6, 6.07) is 0. The smallest absolute Gasteiger partial charge is 0.306 e. The standard InChI is InChI=1S/C85H163NO8/c1-6-8-10-12-14-16-18-20-22-24-26-28-30-32-34-36-38-39-40-41-42-43-44-46-47-49-51-53-55-57-59-61-63-65-67-69-71-73-75-82(87)92-79-81(80-93-85(84(89)90)91-78-77-86(3,4)5)94-83(88)76-74-72-70-68-66-64-62-60-58-56-54-52-50-48-45-37-35-33-31-29-27-25-23-21-19-17-15-13-11-9-7-2/h19,21,25,27,81,85H,6-18,20,22-24,26,28-80H2,1-5H3/b21-19-,27-25-. The van der Waals surface area contributed by atoms with Crippen LogP contribution in [0.1, 0.15) is 444 Å². The highest BCUT2D eigenvalue weighted by Crippen LogP contribution is 2.21. The van der Waals surface area contributed by atoms with Gasteiger partial charge in [0.25, 0.3) is 0 Å². The van der Waals surface area contributed by atoms with E-state index in [1.165, 1.54) is 372 Å². The van der Waals surface area contributed by atoms with E-state index in [9.17, 15) is 19.5 Å². The van der Waals surface area contributed by atoms with Crippen LogP contribution in [0.25, 0.3) is 0 Å². The van der Waals surface area contributed by atoms with E-state index >= 15 is 0 Å². The van der Waals surface area contributed by atoms with Gasteiger partial charge in [0.1, 0.15) is 13.2 Å². The molecule has 0 aromatic heterocycles. The average Bonchev–Trinajstić information content (AvgIpc) is 3.76. The minimum atomic E-state index is -1.62. The molecule has 0 N–H and O–H groups in total. The molecule has 0 fully saturated rings. The molecule has 0 saturated heterocycles. The van der Waals surface area contributed by atoms with Gasteiger partial charge >= 0.3 is 11.9 Å². The zero-order chi connectivity index (χ0) is 68.2. The number of ether oxygens (including phenoxy) is 4. The molecule has 556 valence electrons. The molecule has 0 bridgehead atoms. The lowest BCUT2D eigenvalue weighted by molar-refractivity contribution is -0.870. The predicted octanol–water partition coefficient (Wildman–Crippen LogP) is 25.5. The topological polar surface area (TPSA) is 111 Å². The molecule has 0 aliphatic rings. The van der Waals surface area contributed by atoms with Crippen molar-refractivity contribution in [3.63, 3.8) is 0 Å². The van der Waals surface area contributed by atoms with Crippen molar-refractivity contribution in [3.05, 3.63) is 24.3 Å². The fourth-order valence-electron chi connectivity index (χ4n) is 13.0. The maximum Gasteiger partial charge on any atom is 0.306 e. The summed E-state index contributed by atoms with van der Waals surface area (Å²) in [5.41, 5.74) is 0. The average molecular weight is 1330 g/mol. The van der Waals surface area contributed by atoms with Crippen LogP contribution in [0.2, 0.25) is 0 Å². The number of hydrogen-bond acceptors (Lipinski definition) is 8. The van der Waals surface area contributed by atoms with E-state index < -0.39 is 24.3 Å². The Balaban J connectivity index is 3.92. The van der Waals surface area contributed by atoms with Crippen LogP contribution in [0.15, 0.2) is 24.3 Å². The number of allylic oxidation sites excluding steroid dienone is 4. The van der Waals surface area contributed by atoms with E-state index in [1.807, 2.05) is 21.1 Å². The van der Waals surface area contributed by atoms with Crippen molar-refractivity contribution in [2.45, 2.75) is 456 Å². The van der Waals surface area contributed by atoms with Crippen molar-refractivity contribution in [2.75, 3.05) is 47.5 Å². The fraction of sp³-hybridized carbons (Fsp3) is 0.918. The van der Waals surface area contributed by atoms with E-state index in [0.717, 1.165) is 44.9 Å². The molecule has 2 unspecified atom stereocenters. The number of carboxylic acids is 1. The van der Waals surface area contributed by atoms with Crippen molar-refractivity contribution >= 4 is 17.9 Å². The third kappa shape index (κ3) is 77.1. The van der Waals surface area contributed by atoms with Crippen LogP contribution in [0.5, 0.6) is 0 Å². The van der Waals surface area contributed by atoms with Crippen LogP contribution in [0.3, 0.4) is 0 Å². The molecule has 0 aliphatic carbocycles. The Morgan fingerprint density at radius 3 is 0.840 bits per heavy atom. The first kappa shape index (κ1) is 91.8. The second-order valence-electron chi connectivity index (χ2n) is 30.1. The highest BCUT2D eigenvalue weighted by Gasteiger charge is 2.22. The number of aliphatic carboxylic acids is 1. The van der Waals surface area contributed by atoms with E-state index in [2.05, 4.69) is 38.2 Å². The highest BCUT2D eigenvalue weighted by atomic mass is 16.7. The van der Waals surface area contributed by atoms with Gasteiger partial charge in [0, 0.05) is 12.8 Å². The maximum atomic E-state index is 13.0. The van der Waals surface area contributed by atoms with Gasteiger partial charge in [-0.15, -0.1) is 0 Å². The first-order valence-electron chi connectivity index (χ1n) is 42.0. The number of likely N-dealkylation sites (N-methyl/N-ethyl adjacent to an activating group) is 1. The van der Waals surface area contributed by atoms with Crippen LogP contribution < -0.4 is 5.11 Å². The van der Waals surface area contributed by atoms with Gasteiger partial charge in [-0.1, -0.05) is 411 Å². The zero-order valence-electron chi connectivity index (χ0n) is 63.9. The number of hydrogen-bond donors (Lipinski definition) is 0. The SMILES string of the molecule is CCCCCCC/C=C\C/C=C\CCCCCCCCCCCCCCCCCCCCCC(=O)OC(COC(=O)CCCCCCCCCCCCCCCCCCCCCCCCCCCCCCCCCCCCCCCC)COC(OCC[N+](C)(C)C)C(=O)[O-]. The summed E-state index contributed by atoms with van der Waals surface area (Å²) in [5, 5.41) is 11.9. The van der Waals surface area contributed by atoms with Crippen LogP contribution in [0, 0.1) is 0 Å². The summed E-state index contributed by atoms with van der Waals surface area (Å²) in [6.45, 7) is 4.83. The Hall–Kier alpha value is -2.23. The molecule has 0 radical (unpaired) electrons. The van der Waals surface area contributed by atoms with Gasteiger partial charge in [0.2, 0.25) is 0 Å². The van der Waals surface area contributed by atoms with Gasteiger partial charge in [-0.3, -0.25) is 9.59 Å². The van der Waals surface area contributed by atoms with Gasteiger partial charge in [-0.2, -0.15) is 0 Å². The Kier molecular flexibility index (Phi) is 74.7. The zero-order valence-corrected chi connectivity index (χ0v) is 63.9. The van der Waals surface area contributed by atoms with Gasteiger partial charge < -0.3 is 33.3 Å². The molecule has 0 saturated carbocycles. The molecular formula is C85H163NO8. The lowest BCUT2D eigenvalue weighted by atomic mass is 10.0. The molecule has 0 rings (SSSR count). The molecule has 94 heavy (non-hydrogen) atoms. The Morgan fingerprint density at radius 1 is 0.319 bits per heavy atom. The molecule has 0 amide bonds. The predicted molar refractivity (Wildman–Crippen MR) is 403 cm³/mol. The second-order valence-corrected chi connectivity index (χ2v) is 30.1. The molecule has 0 aromatic rings. The van der Waals surface area contributed by atoms with Gasteiger partial charge in [-0.25, -0.2) is 0 Å². The summed E-state index contributed by atoms with van der Waals surface area (Å²) >= 11 is 0. The van der Waals surface area contributed by atoms with Crippen molar-refractivity contribution in [1.82, 2.24) is 0 Å². The molecule has 0 aromatic carbocycles. The van der Waals surface area contributed by atoms with Crippen molar-refractivity contribution in [3.8, 4) is 0 Å². The van der Waals surface area contributed by atoms with E-state index in [0.29, 0.717) is 17.4 Å². The first-order valence-corrected chi connectivity index (χ1v) is 42.0. The molecule has 2 atom stereocenters. The van der Waals surface area contributed by atoms with Crippen molar-refractivity contribution < 1.29 is 42.9 Å². The van der Waals surface area contributed by atoms with Crippen LogP contribution >= 0.6 is 0 Å². The highest BCUT2D eigenvalue weighted by molar-refractivity contribution is 5.70. The number of esters is 2. The van der Waals surface area contributed by atoms with Gasteiger partial charge in [0.05, 0.1) is 40.3 Å². The largest absolute Gasteiger partial charge is 0.545 e. The summed E-state index contributed by atoms with van der Waals surface area (Å²) in [4.78, 5) is 37.6. The number of carboxylic acid groups (broad SMARTS) is 1. The molecule has 0 spiro atoms. The third-order valence-corrected chi connectivity index (χ3v) is 19.5. The summed E-state index contributed by atoms with van der Waals surface area (Å²) in [6.07, 6.45) is 94.7. The molecule has 0 aliphatic heterocycles. The van der Waals surface area contributed by atoms with Crippen molar-refractivity contribution in [2.24, 2.45) is 0 Å². The fourth-order valence-corrected chi connectivity index (χ4v) is 13.0. The quantitative estimate of drug-likeness (QED) is 0.0195. The Bertz CT molecular complexity index is 1590. The molecule has 0 heterocycles. The maximum absolute atomic E-state index is 13.0. The van der Waals surface area contributed by atoms with E-state index in [1.54, 1.807) is 0 Å². The number of quaternary nitrogens is 1. The number of carbonyl (C=O) groups is 3. The Morgan fingerprint density at radius 2 is 0.574 bits per heavy atom. The van der Waals surface area contributed by atoms with Crippen LogP contribution in [0.4, 0.5) is 0 Å². The molecular weight excluding hydrogens is 1160 g/mol. The van der Waals surface area contributed by atoms with E-state index in [4.69, 9.17) is 18.9 Å². The lowest BCUT2D eigenvalue weighted by Crippen LogP contribution is -2.44. The molecule has 9 nitrogen and oxygen atoms in total. The summed E-state index contributed by atoms with van der Waals surface area (Å²) < 4.78 is 22.9. The first-order chi connectivity index (χ1) is 46.1. The molecule has 9 heteroatoms. The van der Waals surface area contributed by atoms with Gasteiger partial charge in [0.15, 0.2) is 12.4 Å². The summed E-state index contributed by atoms with van der Waals surface area (Å²) in [7, 11) is 5.96. The van der Waals surface area contributed by atoms with Gasteiger partial charge in [-0.05, 0) is 44.9 Å². The summed E-state index contributed by atoms with van der Waals surface area (Å²) in [5.74, 6) is -2.24. The minimum absolute atomic E-state index is 0.152. The second kappa shape index (κ2) is 76.5. The lowest BCUT2D eigenvalue weighted by Gasteiger charge is -2.26. The number of nitrogens with zero attached hydrogens (tertiary/aromatic N) is 1. The van der Waals surface area contributed by atoms with E-state index in [-0.39, 0.29) is 32.2 Å². The Labute approximate surface area is 586 Å². The third-order valence-electron chi connectivity index (χ3n) is 19.5. The van der Waals surface area contributed by atoms with Crippen LogP contribution in [-0.4, -0.2) is 82.3 Å².